The van der Waals surface area contributed by atoms with Gasteiger partial charge in [0, 0.05) is 13.3 Å². The van der Waals surface area contributed by atoms with Gasteiger partial charge in [0.1, 0.15) is 0 Å². The van der Waals surface area contributed by atoms with E-state index in [9.17, 15) is 9.46 Å². The van der Waals surface area contributed by atoms with Crippen molar-refractivity contribution in [3.63, 3.8) is 0 Å². The van der Waals surface area contributed by atoms with Crippen LogP contribution in [0.4, 0.5) is 0 Å². The third-order valence-electron chi connectivity index (χ3n) is 1.83. The van der Waals surface area contributed by atoms with Crippen LogP contribution in [0.3, 0.4) is 0 Å². The summed E-state index contributed by atoms with van der Waals surface area (Å²) in [7, 11) is -0.892. The Hall–Kier alpha value is -0.740. The summed E-state index contributed by atoms with van der Waals surface area (Å²) in [5.74, 6) is -0.784. The van der Waals surface area contributed by atoms with Gasteiger partial charge in [0.15, 0.2) is 5.78 Å². The first kappa shape index (κ1) is 11.3. The monoisotopic (exact) mass is 216 g/mol. The fraction of sp³-hybridized carbons (Fsp3) is 0.375. The van der Waals surface area contributed by atoms with E-state index in [1.807, 2.05) is 0 Å². The molecule has 78 valence electrons. The summed E-state index contributed by atoms with van der Waals surface area (Å²) in [5.41, 5.74) is 0.489. The summed E-state index contributed by atoms with van der Waals surface area (Å²) in [6.45, 7) is 0. The average molecular weight is 216 g/mol. The molecular weight excluding hydrogens is 203 g/mol. The fourth-order valence-electron chi connectivity index (χ4n) is 1.12. The molecule has 6 heteroatoms. The Morgan fingerprint density at radius 2 is 2.36 bits per heavy atom. The Balaban J connectivity index is 3.00. The maximum atomic E-state index is 11.5. The molecule has 0 radical (unpaired) electrons. The van der Waals surface area contributed by atoms with Crippen LogP contribution in [0.1, 0.15) is 11.5 Å². The quantitative estimate of drug-likeness (QED) is 0.738. The largest absolute Gasteiger partial charge is 0.350 e. The second-order valence-corrected chi connectivity index (χ2v) is 4.70. The van der Waals surface area contributed by atoms with E-state index in [1.54, 1.807) is 31.4 Å². The predicted octanol–water partition coefficient (Wildman–Crippen LogP) is 1.13. The Morgan fingerprint density at radius 1 is 1.64 bits per heavy atom. The number of rotatable bonds is 4. The van der Waals surface area contributed by atoms with Crippen LogP contribution in [0.5, 0.6) is 0 Å². The minimum atomic E-state index is -3.68. The third kappa shape index (κ3) is 2.39. The van der Waals surface area contributed by atoms with Gasteiger partial charge in [-0.25, -0.2) is 0 Å². The first-order valence-corrected chi connectivity index (χ1v) is 5.73. The van der Waals surface area contributed by atoms with Gasteiger partial charge >= 0.3 is 7.60 Å². The molecule has 0 aromatic carbocycles. The number of hydrogen-bond acceptors (Lipinski definition) is 4. The van der Waals surface area contributed by atoms with E-state index in [1.165, 1.54) is 7.11 Å². The molecule has 0 aliphatic carbocycles. The van der Waals surface area contributed by atoms with E-state index in [4.69, 9.17) is 0 Å². The SMILES string of the molecule is CNC(c1ccccn1)P(=O)(O)OC. The van der Waals surface area contributed by atoms with Crippen molar-refractivity contribution in [3.05, 3.63) is 30.1 Å². The third-order valence-corrected chi connectivity index (χ3v) is 3.53. The topological polar surface area (TPSA) is 71.5 Å². The number of aromatic nitrogens is 1. The van der Waals surface area contributed by atoms with Crippen molar-refractivity contribution in [2.75, 3.05) is 14.2 Å². The zero-order valence-electron chi connectivity index (χ0n) is 8.04. The fourth-order valence-corrected chi connectivity index (χ4v) is 2.15. The molecular formula is C8H13N2O3P. The van der Waals surface area contributed by atoms with Crippen LogP contribution in [0.25, 0.3) is 0 Å². The molecule has 0 aliphatic heterocycles. The van der Waals surface area contributed by atoms with Crippen molar-refractivity contribution in [2.45, 2.75) is 5.78 Å². The molecule has 0 bridgehead atoms. The number of pyridine rings is 1. The predicted molar refractivity (Wildman–Crippen MR) is 52.9 cm³/mol. The molecule has 2 unspecified atom stereocenters. The first-order chi connectivity index (χ1) is 6.61. The van der Waals surface area contributed by atoms with E-state index in [0.29, 0.717) is 5.69 Å². The number of hydrogen-bond donors (Lipinski definition) is 2. The Bertz CT molecular complexity index is 331. The minimum Gasteiger partial charge on any atom is -0.323 e. The maximum Gasteiger partial charge on any atom is 0.350 e. The molecule has 1 aromatic heterocycles. The standard InChI is InChI=1S/C8H13N2O3P/c1-9-8(14(11,12)13-2)7-5-3-4-6-10-7/h3-6,8-9H,1-2H3,(H,11,12). The number of nitrogens with one attached hydrogen (secondary N) is 1. The summed E-state index contributed by atoms with van der Waals surface area (Å²) >= 11 is 0. The van der Waals surface area contributed by atoms with Gasteiger partial charge in [-0.1, -0.05) is 6.07 Å². The van der Waals surface area contributed by atoms with Gasteiger partial charge in [0.05, 0.1) is 5.69 Å². The van der Waals surface area contributed by atoms with E-state index in [2.05, 4.69) is 14.8 Å². The smallest absolute Gasteiger partial charge is 0.323 e. The summed E-state index contributed by atoms with van der Waals surface area (Å²) in [6, 6.07) is 5.16. The van der Waals surface area contributed by atoms with Gasteiger partial charge in [-0.05, 0) is 19.2 Å². The molecule has 2 N–H and O–H groups in total. The summed E-state index contributed by atoms with van der Waals surface area (Å²) in [4.78, 5) is 13.5. The van der Waals surface area contributed by atoms with Crippen LogP contribution in [0.15, 0.2) is 24.4 Å². The highest BCUT2D eigenvalue weighted by molar-refractivity contribution is 7.53. The molecule has 0 saturated heterocycles. The molecule has 0 spiro atoms. The van der Waals surface area contributed by atoms with Crippen LogP contribution >= 0.6 is 7.60 Å². The molecule has 1 aromatic rings. The van der Waals surface area contributed by atoms with Gasteiger partial charge in [0.2, 0.25) is 0 Å². The van der Waals surface area contributed by atoms with Crippen molar-refractivity contribution < 1.29 is 14.0 Å². The van der Waals surface area contributed by atoms with Crippen molar-refractivity contribution >= 4 is 7.60 Å². The lowest BCUT2D eigenvalue weighted by Gasteiger charge is -2.19. The van der Waals surface area contributed by atoms with E-state index in [-0.39, 0.29) is 0 Å². The molecule has 2 atom stereocenters. The molecule has 14 heavy (non-hydrogen) atoms. The first-order valence-electron chi connectivity index (χ1n) is 4.08. The highest BCUT2D eigenvalue weighted by atomic mass is 31.2. The van der Waals surface area contributed by atoms with Crippen molar-refractivity contribution in [2.24, 2.45) is 0 Å². The van der Waals surface area contributed by atoms with Gasteiger partial charge in [0.25, 0.3) is 0 Å². The van der Waals surface area contributed by atoms with E-state index in [0.717, 1.165) is 0 Å². The van der Waals surface area contributed by atoms with Crippen molar-refractivity contribution in [3.8, 4) is 0 Å². The molecule has 0 saturated carbocycles. The Morgan fingerprint density at radius 3 is 2.79 bits per heavy atom. The normalized spacial score (nSPS) is 17.4. The van der Waals surface area contributed by atoms with Gasteiger partial charge in [-0.2, -0.15) is 0 Å². The zero-order chi connectivity index (χ0) is 10.6. The molecule has 5 nitrogen and oxygen atoms in total. The van der Waals surface area contributed by atoms with E-state index < -0.39 is 13.4 Å². The van der Waals surface area contributed by atoms with Gasteiger partial charge < -0.3 is 14.7 Å². The highest BCUT2D eigenvalue weighted by Gasteiger charge is 2.32. The lowest BCUT2D eigenvalue weighted by Crippen LogP contribution is -2.18. The van der Waals surface area contributed by atoms with Crippen LogP contribution in [-0.4, -0.2) is 24.0 Å². The van der Waals surface area contributed by atoms with E-state index >= 15 is 0 Å². The zero-order valence-corrected chi connectivity index (χ0v) is 8.94. The summed E-state index contributed by atoms with van der Waals surface area (Å²) in [5, 5.41) is 2.71. The lowest BCUT2D eigenvalue weighted by atomic mass is 10.3. The second-order valence-electron chi connectivity index (χ2n) is 2.69. The van der Waals surface area contributed by atoms with Crippen LogP contribution in [-0.2, 0) is 9.09 Å². The molecule has 0 amide bonds. The Kier molecular flexibility index (Phi) is 3.77. The van der Waals surface area contributed by atoms with Crippen molar-refractivity contribution in [1.82, 2.24) is 10.3 Å². The molecule has 1 heterocycles. The summed E-state index contributed by atoms with van der Waals surface area (Å²) < 4.78 is 16.1. The highest BCUT2D eigenvalue weighted by Crippen LogP contribution is 2.53. The summed E-state index contributed by atoms with van der Waals surface area (Å²) in [6.07, 6.45) is 1.56. The van der Waals surface area contributed by atoms with Gasteiger partial charge in [-0.15, -0.1) is 0 Å². The van der Waals surface area contributed by atoms with Crippen LogP contribution in [0.2, 0.25) is 0 Å². The average Bonchev–Trinajstić information content (AvgIpc) is 2.20. The van der Waals surface area contributed by atoms with Gasteiger partial charge in [-0.3, -0.25) is 9.55 Å². The Labute approximate surface area is 82.7 Å². The maximum absolute atomic E-state index is 11.5. The lowest BCUT2D eigenvalue weighted by molar-refractivity contribution is 0.298. The van der Waals surface area contributed by atoms with Crippen molar-refractivity contribution in [1.29, 1.82) is 0 Å². The molecule has 0 fully saturated rings. The molecule has 0 aliphatic rings. The molecule has 1 rings (SSSR count). The van der Waals surface area contributed by atoms with Crippen LogP contribution in [0, 0.1) is 0 Å². The number of nitrogens with zero attached hydrogens (tertiary/aromatic N) is 1. The second kappa shape index (κ2) is 4.66. The van der Waals surface area contributed by atoms with Crippen LogP contribution < -0.4 is 5.32 Å². The minimum absolute atomic E-state index is 0.489.